The second-order valence-corrected chi connectivity index (χ2v) is 10.4. The van der Waals surface area contributed by atoms with Crippen molar-refractivity contribution in [2.45, 2.75) is 62.8 Å². The zero-order valence-electron chi connectivity index (χ0n) is 16.3. The van der Waals surface area contributed by atoms with Gasteiger partial charge in [0.15, 0.2) is 6.61 Å². The summed E-state index contributed by atoms with van der Waals surface area (Å²) in [6, 6.07) is 1.58. The number of carbonyl (C=O) groups is 3. The van der Waals surface area contributed by atoms with Crippen molar-refractivity contribution in [3.05, 3.63) is 16.0 Å². The molecule has 2 atom stereocenters. The molecular formula is C20H23N3O4S2. The Kier molecular flexibility index (Phi) is 5.58. The Morgan fingerprint density at radius 2 is 2.10 bits per heavy atom. The number of ether oxygens (including phenoxy) is 1. The summed E-state index contributed by atoms with van der Waals surface area (Å²) < 4.78 is 5.22. The fourth-order valence-electron chi connectivity index (χ4n) is 4.34. The fourth-order valence-corrected chi connectivity index (χ4v) is 7.01. The Bertz CT molecular complexity index is 906. The SMILES string of the molecule is C[C@]12CCC(=O)N1[C@H](C(=O)OCC(=O)Nc1sc3c(c1C#N)CCCCC3)CS2. The Morgan fingerprint density at radius 1 is 1.31 bits per heavy atom. The van der Waals surface area contributed by atoms with Crippen LogP contribution in [-0.4, -0.2) is 46.0 Å². The van der Waals surface area contributed by atoms with Crippen LogP contribution in [0.5, 0.6) is 0 Å². The van der Waals surface area contributed by atoms with E-state index < -0.39 is 24.5 Å². The van der Waals surface area contributed by atoms with E-state index in [1.165, 1.54) is 16.2 Å². The Labute approximate surface area is 177 Å². The monoisotopic (exact) mass is 433 g/mol. The number of hydrogen-bond donors (Lipinski definition) is 1. The van der Waals surface area contributed by atoms with E-state index >= 15 is 0 Å². The number of anilines is 1. The molecule has 0 aromatic carbocycles. The number of nitrogens with zero attached hydrogens (tertiary/aromatic N) is 2. The first-order valence-electron chi connectivity index (χ1n) is 9.90. The van der Waals surface area contributed by atoms with E-state index in [9.17, 15) is 19.6 Å². The quantitative estimate of drug-likeness (QED) is 0.579. The summed E-state index contributed by atoms with van der Waals surface area (Å²) >= 11 is 3.03. The summed E-state index contributed by atoms with van der Waals surface area (Å²) in [7, 11) is 0. The first kappa shape index (κ1) is 20.2. The van der Waals surface area contributed by atoms with E-state index in [0.717, 1.165) is 44.1 Å². The molecule has 1 aromatic heterocycles. The van der Waals surface area contributed by atoms with Crippen LogP contribution in [0.1, 0.15) is 55.0 Å². The molecule has 29 heavy (non-hydrogen) atoms. The molecule has 0 bridgehead atoms. The number of hydrogen-bond acceptors (Lipinski definition) is 7. The second-order valence-electron chi connectivity index (χ2n) is 7.80. The maximum Gasteiger partial charge on any atom is 0.330 e. The zero-order valence-corrected chi connectivity index (χ0v) is 17.9. The van der Waals surface area contributed by atoms with Gasteiger partial charge in [0.1, 0.15) is 17.1 Å². The van der Waals surface area contributed by atoms with Gasteiger partial charge < -0.3 is 15.0 Å². The number of thioether (sulfide) groups is 1. The van der Waals surface area contributed by atoms with Gasteiger partial charge in [0, 0.05) is 17.1 Å². The molecule has 9 heteroatoms. The molecule has 0 unspecified atom stereocenters. The molecule has 0 spiro atoms. The Balaban J connectivity index is 1.37. The van der Waals surface area contributed by atoms with Gasteiger partial charge in [0.25, 0.3) is 5.91 Å². The summed E-state index contributed by atoms with van der Waals surface area (Å²) in [5, 5.41) is 12.8. The highest BCUT2D eigenvalue weighted by atomic mass is 32.2. The minimum atomic E-state index is -0.639. The molecule has 7 nitrogen and oxygen atoms in total. The van der Waals surface area contributed by atoms with Crippen LogP contribution in [0.3, 0.4) is 0 Å². The van der Waals surface area contributed by atoms with Gasteiger partial charge in [0.2, 0.25) is 5.91 Å². The second kappa shape index (κ2) is 8.00. The number of aryl methyl sites for hydroxylation is 1. The number of nitriles is 1. The van der Waals surface area contributed by atoms with Gasteiger partial charge in [-0.1, -0.05) is 6.42 Å². The molecule has 1 N–H and O–H groups in total. The average molecular weight is 434 g/mol. The molecule has 0 radical (unpaired) electrons. The predicted octanol–water partition coefficient (Wildman–Crippen LogP) is 2.82. The van der Waals surface area contributed by atoms with Crippen molar-refractivity contribution in [3.8, 4) is 6.07 Å². The van der Waals surface area contributed by atoms with Crippen LogP contribution in [0.25, 0.3) is 0 Å². The number of thiophene rings is 1. The van der Waals surface area contributed by atoms with Crippen LogP contribution >= 0.6 is 23.1 Å². The van der Waals surface area contributed by atoms with Gasteiger partial charge >= 0.3 is 5.97 Å². The third-order valence-corrected chi connectivity index (χ3v) is 8.56. The number of amides is 2. The maximum absolute atomic E-state index is 12.5. The minimum Gasteiger partial charge on any atom is -0.454 e. The van der Waals surface area contributed by atoms with Crippen molar-refractivity contribution in [3.63, 3.8) is 0 Å². The first-order chi connectivity index (χ1) is 13.9. The van der Waals surface area contributed by atoms with Crippen molar-refractivity contribution in [2.24, 2.45) is 0 Å². The summed E-state index contributed by atoms with van der Waals surface area (Å²) in [6.45, 7) is 1.54. The lowest BCUT2D eigenvalue weighted by atomic mass is 10.1. The number of rotatable bonds is 4. The molecule has 4 rings (SSSR count). The number of nitrogens with one attached hydrogen (secondary N) is 1. The van der Waals surface area contributed by atoms with Crippen LogP contribution in [0.4, 0.5) is 5.00 Å². The molecule has 2 saturated heterocycles. The number of fused-ring (bicyclic) bond motifs is 2. The van der Waals surface area contributed by atoms with E-state index in [-0.39, 0.29) is 10.8 Å². The van der Waals surface area contributed by atoms with E-state index in [4.69, 9.17) is 4.74 Å². The first-order valence-corrected chi connectivity index (χ1v) is 11.7. The highest BCUT2D eigenvalue weighted by molar-refractivity contribution is 8.01. The summed E-state index contributed by atoms with van der Waals surface area (Å²) in [6.07, 6.45) is 6.26. The van der Waals surface area contributed by atoms with Crippen LogP contribution in [-0.2, 0) is 32.0 Å². The van der Waals surface area contributed by atoms with Crippen LogP contribution in [0.2, 0.25) is 0 Å². The summed E-state index contributed by atoms with van der Waals surface area (Å²) in [4.78, 5) is 39.4. The summed E-state index contributed by atoms with van der Waals surface area (Å²) in [5.41, 5.74) is 1.59. The molecule has 1 aliphatic carbocycles. The third-order valence-electron chi connectivity index (χ3n) is 5.85. The van der Waals surface area contributed by atoms with Gasteiger partial charge in [-0.05, 0) is 44.6 Å². The number of carbonyl (C=O) groups excluding carboxylic acids is 3. The van der Waals surface area contributed by atoms with Crippen molar-refractivity contribution < 1.29 is 19.1 Å². The lowest BCUT2D eigenvalue weighted by Crippen LogP contribution is -2.47. The van der Waals surface area contributed by atoms with E-state index in [0.29, 0.717) is 22.7 Å². The topological polar surface area (TPSA) is 99.5 Å². The van der Waals surface area contributed by atoms with E-state index in [2.05, 4.69) is 11.4 Å². The molecule has 1 aromatic rings. The van der Waals surface area contributed by atoms with Gasteiger partial charge in [0.05, 0.1) is 10.4 Å². The molecule has 154 valence electrons. The molecule has 3 aliphatic rings. The van der Waals surface area contributed by atoms with Crippen molar-refractivity contribution in [2.75, 3.05) is 17.7 Å². The minimum absolute atomic E-state index is 0.0392. The predicted molar refractivity (Wildman–Crippen MR) is 111 cm³/mol. The van der Waals surface area contributed by atoms with Gasteiger partial charge in [-0.15, -0.1) is 23.1 Å². The van der Waals surface area contributed by atoms with Crippen LogP contribution < -0.4 is 5.32 Å². The van der Waals surface area contributed by atoms with Gasteiger partial charge in [-0.2, -0.15) is 5.26 Å². The highest BCUT2D eigenvalue weighted by Gasteiger charge is 2.53. The van der Waals surface area contributed by atoms with Crippen LogP contribution in [0.15, 0.2) is 0 Å². The lowest BCUT2D eigenvalue weighted by Gasteiger charge is -2.29. The van der Waals surface area contributed by atoms with Gasteiger partial charge in [-0.25, -0.2) is 4.79 Å². The molecule has 2 amide bonds. The van der Waals surface area contributed by atoms with E-state index in [1.807, 2.05) is 6.92 Å². The van der Waals surface area contributed by atoms with E-state index in [1.54, 1.807) is 16.7 Å². The normalized spacial score (nSPS) is 25.7. The van der Waals surface area contributed by atoms with Crippen LogP contribution in [0, 0.1) is 11.3 Å². The van der Waals surface area contributed by atoms with Crippen molar-refractivity contribution in [1.82, 2.24) is 4.90 Å². The Hall–Kier alpha value is -2.05. The van der Waals surface area contributed by atoms with Crippen molar-refractivity contribution in [1.29, 1.82) is 5.26 Å². The fraction of sp³-hybridized carbons (Fsp3) is 0.600. The Morgan fingerprint density at radius 3 is 2.90 bits per heavy atom. The van der Waals surface area contributed by atoms with Gasteiger partial charge in [-0.3, -0.25) is 9.59 Å². The number of esters is 1. The highest BCUT2D eigenvalue weighted by Crippen LogP contribution is 2.47. The molecule has 3 heterocycles. The molecule has 2 fully saturated rings. The average Bonchev–Trinajstić information content (AvgIpc) is 3.24. The molecule has 2 aliphatic heterocycles. The largest absolute Gasteiger partial charge is 0.454 e. The molecular weight excluding hydrogens is 410 g/mol. The standard InChI is InChI=1S/C20H23N3O4S2/c1-20-8-7-17(25)23(20)14(11-28-20)19(26)27-10-16(24)22-18-13(9-21)12-5-3-2-4-6-15(12)29-18/h14H,2-8,10-11H2,1H3,(H,22,24)/t14-,20-/m0/s1. The summed E-state index contributed by atoms with van der Waals surface area (Å²) in [5.74, 6) is -0.567. The van der Waals surface area contributed by atoms with Crippen molar-refractivity contribution >= 4 is 45.9 Å². The smallest absolute Gasteiger partial charge is 0.330 e. The zero-order chi connectivity index (χ0) is 20.6. The maximum atomic E-state index is 12.5. The molecule has 0 saturated carbocycles. The lowest BCUT2D eigenvalue weighted by molar-refractivity contribution is -0.155. The third kappa shape index (κ3) is 3.76.